The smallest absolute Gasteiger partial charge is 0.244 e. The van der Waals surface area contributed by atoms with Crippen molar-refractivity contribution in [1.29, 1.82) is 0 Å². The lowest BCUT2D eigenvalue weighted by Gasteiger charge is -2.04. The summed E-state index contributed by atoms with van der Waals surface area (Å²) in [6.07, 6.45) is 4.60. The van der Waals surface area contributed by atoms with Gasteiger partial charge in [0.25, 0.3) is 0 Å². The number of hydrogen-bond acceptors (Lipinski definition) is 2. The van der Waals surface area contributed by atoms with Gasteiger partial charge in [-0.1, -0.05) is 15.9 Å². The normalized spacial score (nSPS) is 14.2. The fraction of sp³-hybridized carbons (Fsp3) is 0.333. The highest BCUT2D eigenvalue weighted by Gasteiger charge is 2.28. The molecule has 21 heavy (non-hydrogen) atoms. The molecule has 0 saturated heterocycles. The van der Waals surface area contributed by atoms with E-state index in [4.69, 9.17) is 0 Å². The van der Waals surface area contributed by atoms with Crippen LogP contribution in [0, 0.1) is 11.7 Å². The minimum Gasteiger partial charge on any atom is -0.354 e. The first-order valence-corrected chi connectivity index (χ1v) is 7.54. The fourth-order valence-electron chi connectivity index (χ4n) is 1.73. The number of halogens is 2. The van der Waals surface area contributed by atoms with Crippen LogP contribution in [0.4, 0.5) is 4.39 Å². The van der Waals surface area contributed by atoms with Crippen LogP contribution in [0.25, 0.3) is 6.08 Å². The second-order valence-electron chi connectivity index (χ2n) is 4.86. The molecule has 0 heterocycles. The predicted octanol–water partition coefficient (Wildman–Crippen LogP) is 2.24. The SMILES string of the molecule is O=C(/C=C/c1cc(Br)ccc1F)NCCNC(=O)C1CC1. The average Bonchev–Trinajstić information content (AvgIpc) is 3.29. The van der Waals surface area contributed by atoms with E-state index < -0.39 is 0 Å². The van der Waals surface area contributed by atoms with Crippen molar-refractivity contribution in [2.45, 2.75) is 12.8 Å². The quantitative estimate of drug-likeness (QED) is 0.608. The standard InChI is InChI=1S/C15H16BrFN2O2/c16-12-4-5-13(17)11(9-12)3-6-14(20)18-7-8-19-15(21)10-1-2-10/h3-6,9-10H,1-2,7-8H2,(H,18,20)(H,19,21)/b6-3+. The van der Waals surface area contributed by atoms with Gasteiger partial charge in [0.05, 0.1) is 0 Å². The van der Waals surface area contributed by atoms with Gasteiger partial charge in [0.15, 0.2) is 0 Å². The lowest BCUT2D eigenvalue weighted by atomic mass is 10.2. The van der Waals surface area contributed by atoms with Crippen molar-refractivity contribution in [3.63, 3.8) is 0 Å². The van der Waals surface area contributed by atoms with Gasteiger partial charge in [-0.15, -0.1) is 0 Å². The number of amides is 2. The molecule has 1 aromatic carbocycles. The summed E-state index contributed by atoms with van der Waals surface area (Å²) in [6, 6.07) is 4.51. The van der Waals surface area contributed by atoms with Crippen LogP contribution in [-0.4, -0.2) is 24.9 Å². The van der Waals surface area contributed by atoms with Crippen LogP contribution in [-0.2, 0) is 9.59 Å². The Morgan fingerprint density at radius 3 is 2.71 bits per heavy atom. The molecular formula is C15H16BrFN2O2. The molecule has 0 unspecified atom stereocenters. The van der Waals surface area contributed by atoms with E-state index in [0.717, 1.165) is 17.3 Å². The number of nitrogens with one attached hydrogen (secondary N) is 2. The van der Waals surface area contributed by atoms with Crippen LogP contribution < -0.4 is 10.6 Å². The summed E-state index contributed by atoms with van der Waals surface area (Å²) in [5.41, 5.74) is 0.335. The largest absolute Gasteiger partial charge is 0.354 e. The molecule has 0 radical (unpaired) electrons. The van der Waals surface area contributed by atoms with Gasteiger partial charge in [0.1, 0.15) is 5.82 Å². The van der Waals surface area contributed by atoms with Gasteiger partial charge < -0.3 is 10.6 Å². The molecule has 112 valence electrons. The van der Waals surface area contributed by atoms with Gasteiger partial charge in [-0.3, -0.25) is 9.59 Å². The maximum Gasteiger partial charge on any atom is 0.244 e. The molecule has 0 atom stereocenters. The van der Waals surface area contributed by atoms with Crippen molar-refractivity contribution >= 4 is 33.8 Å². The molecule has 1 aliphatic carbocycles. The third-order valence-electron chi connectivity index (χ3n) is 3.04. The van der Waals surface area contributed by atoms with Gasteiger partial charge in [-0.25, -0.2) is 4.39 Å². The van der Waals surface area contributed by atoms with Crippen molar-refractivity contribution in [3.05, 3.63) is 40.1 Å². The number of benzene rings is 1. The van der Waals surface area contributed by atoms with E-state index >= 15 is 0 Å². The molecule has 2 N–H and O–H groups in total. The summed E-state index contributed by atoms with van der Waals surface area (Å²) in [4.78, 5) is 22.9. The second kappa shape index (κ2) is 7.36. The van der Waals surface area contributed by atoms with Crippen molar-refractivity contribution in [3.8, 4) is 0 Å². The van der Waals surface area contributed by atoms with E-state index in [1.807, 2.05) is 0 Å². The summed E-state index contributed by atoms with van der Waals surface area (Å²) in [7, 11) is 0. The molecule has 4 nitrogen and oxygen atoms in total. The maximum atomic E-state index is 13.4. The molecule has 0 aromatic heterocycles. The molecule has 1 fully saturated rings. The minimum atomic E-state index is -0.390. The lowest BCUT2D eigenvalue weighted by molar-refractivity contribution is -0.122. The Hall–Kier alpha value is -1.69. The highest BCUT2D eigenvalue weighted by atomic mass is 79.9. The highest BCUT2D eigenvalue weighted by Crippen LogP contribution is 2.28. The topological polar surface area (TPSA) is 58.2 Å². The van der Waals surface area contributed by atoms with E-state index in [-0.39, 0.29) is 23.5 Å². The first kappa shape index (κ1) is 15.7. The van der Waals surface area contributed by atoms with Crippen LogP contribution in [0.3, 0.4) is 0 Å². The van der Waals surface area contributed by atoms with Gasteiger partial charge in [-0.05, 0) is 37.1 Å². The molecule has 0 bridgehead atoms. The maximum absolute atomic E-state index is 13.4. The predicted molar refractivity (Wildman–Crippen MR) is 81.9 cm³/mol. The van der Waals surface area contributed by atoms with Gasteiger partial charge in [0, 0.05) is 35.1 Å². The third kappa shape index (κ3) is 5.30. The average molecular weight is 355 g/mol. The lowest BCUT2D eigenvalue weighted by Crippen LogP contribution is -2.34. The van der Waals surface area contributed by atoms with Crippen LogP contribution in [0.15, 0.2) is 28.7 Å². The second-order valence-corrected chi connectivity index (χ2v) is 5.77. The summed E-state index contributed by atoms with van der Waals surface area (Å²) in [5, 5.41) is 5.37. The Labute approximate surface area is 130 Å². The van der Waals surface area contributed by atoms with Crippen molar-refractivity contribution in [2.24, 2.45) is 5.92 Å². The van der Waals surface area contributed by atoms with Crippen molar-refractivity contribution in [1.82, 2.24) is 10.6 Å². The first-order valence-electron chi connectivity index (χ1n) is 6.75. The van der Waals surface area contributed by atoms with Crippen molar-refractivity contribution in [2.75, 3.05) is 13.1 Å². The molecule has 6 heteroatoms. The summed E-state index contributed by atoms with van der Waals surface area (Å²) >= 11 is 3.24. The van der Waals surface area contributed by atoms with Crippen LogP contribution in [0.2, 0.25) is 0 Å². The summed E-state index contributed by atoms with van der Waals surface area (Å²) < 4.78 is 14.2. The molecule has 0 spiro atoms. The number of rotatable bonds is 6. The van der Waals surface area contributed by atoms with E-state index in [1.54, 1.807) is 12.1 Å². The van der Waals surface area contributed by atoms with Crippen LogP contribution in [0.1, 0.15) is 18.4 Å². The molecule has 1 aliphatic rings. The zero-order valence-corrected chi connectivity index (χ0v) is 13.0. The molecule has 1 saturated carbocycles. The Balaban J connectivity index is 1.72. The molecule has 2 amide bonds. The zero-order valence-electron chi connectivity index (χ0n) is 11.4. The first-order chi connectivity index (χ1) is 10.1. The number of carbonyl (C=O) groups is 2. The molecule has 1 aromatic rings. The molecular weight excluding hydrogens is 339 g/mol. The molecule has 0 aliphatic heterocycles. The Morgan fingerprint density at radius 1 is 1.29 bits per heavy atom. The molecule has 2 rings (SSSR count). The van der Waals surface area contributed by atoms with Crippen LogP contribution in [0.5, 0.6) is 0 Å². The Morgan fingerprint density at radius 2 is 2.00 bits per heavy atom. The van der Waals surface area contributed by atoms with Gasteiger partial charge in [-0.2, -0.15) is 0 Å². The fourth-order valence-corrected chi connectivity index (χ4v) is 2.11. The summed E-state index contributed by atoms with van der Waals surface area (Å²) in [6.45, 7) is 0.753. The van der Waals surface area contributed by atoms with E-state index in [0.29, 0.717) is 18.7 Å². The van der Waals surface area contributed by atoms with E-state index in [1.165, 1.54) is 18.2 Å². The summed E-state index contributed by atoms with van der Waals surface area (Å²) in [5.74, 6) is -0.495. The van der Waals surface area contributed by atoms with E-state index in [2.05, 4.69) is 26.6 Å². The third-order valence-corrected chi connectivity index (χ3v) is 3.54. The van der Waals surface area contributed by atoms with Gasteiger partial charge in [0.2, 0.25) is 11.8 Å². The van der Waals surface area contributed by atoms with Gasteiger partial charge >= 0.3 is 0 Å². The Bertz CT molecular complexity index is 571. The zero-order chi connectivity index (χ0) is 15.2. The van der Waals surface area contributed by atoms with Crippen molar-refractivity contribution < 1.29 is 14.0 Å². The highest BCUT2D eigenvalue weighted by molar-refractivity contribution is 9.10. The van der Waals surface area contributed by atoms with Crippen LogP contribution >= 0.6 is 15.9 Å². The Kier molecular flexibility index (Phi) is 5.50. The monoisotopic (exact) mass is 354 g/mol. The number of carbonyl (C=O) groups excluding carboxylic acids is 2. The number of hydrogen-bond donors (Lipinski definition) is 2. The minimum absolute atomic E-state index is 0.0518. The van der Waals surface area contributed by atoms with E-state index in [9.17, 15) is 14.0 Å².